The van der Waals surface area contributed by atoms with Crippen molar-refractivity contribution < 1.29 is 9.31 Å². The Hall–Kier alpha value is -0.455. The lowest BCUT2D eigenvalue weighted by Gasteiger charge is -2.32. The van der Waals surface area contributed by atoms with Crippen LogP contribution in [0.25, 0.3) is 0 Å². The summed E-state index contributed by atoms with van der Waals surface area (Å²) < 4.78 is 11.5. The van der Waals surface area contributed by atoms with E-state index in [2.05, 4.69) is 18.7 Å². The second kappa shape index (κ2) is 4.59. The first-order valence-electron chi connectivity index (χ1n) is 5.73. The zero-order valence-corrected chi connectivity index (χ0v) is 10.5. The molecule has 0 spiro atoms. The first-order chi connectivity index (χ1) is 6.89. The Bertz CT molecular complexity index is 257. The second-order valence-electron chi connectivity index (χ2n) is 5.01. The zero-order chi connectivity index (χ0) is 11.5. The summed E-state index contributed by atoms with van der Waals surface area (Å²) in [7, 11) is -0.355. The lowest BCUT2D eigenvalue weighted by molar-refractivity contribution is 0.00578. The molecule has 0 aliphatic carbocycles. The van der Waals surface area contributed by atoms with Gasteiger partial charge in [0.1, 0.15) is 0 Å². The highest BCUT2D eigenvalue weighted by molar-refractivity contribution is 6.55. The van der Waals surface area contributed by atoms with Gasteiger partial charge in [0.15, 0.2) is 0 Å². The molecule has 1 saturated heterocycles. The smallest absolute Gasteiger partial charge is 0.392 e. The van der Waals surface area contributed by atoms with E-state index < -0.39 is 0 Å². The van der Waals surface area contributed by atoms with Crippen molar-refractivity contribution in [2.75, 3.05) is 0 Å². The van der Waals surface area contributed by atoms with Gasteiger partial charge in [-0.15, -0.1) is 5.92 Å². The van der Waals surface area contributed by atoms with Crippen LogP contribution in [0.2, 0.25) is 0 Å². The van der Waals surface area contributed by atoms with E-state index in [1.165, 1.54) is 6.42 Å². The van der Waals surface area contributed by atoms with Crippen LogP contribution >= 0.6 is 0 Å². The minimum atomic E-state index is -0.355. The maximum absolute atomic E-state index is 5.75. The van der Waals surface area contributed by atoms with Crippen molar-refractivity contribution in [3.63, 3.8) is 0 Å². The fourth-order valence-corrected chi connectivity index (χ4v) is 1.32. The summed E-state index contributed by atoms with van der Waals surface area (Å²) in [4.78, 5) is 0. The Kier molecular flexibility index (Phi) is 3.86. The first-order valence-corrected chi connectivity index (χ1v) is 5.73. The van der Waals surface area contributed by atoms with Crippen LogP contribution in [-0.2, 0) is 9.31 Å². The standard InChI is InChI=1S/C12H21BO2/c1-6-7-8-9-10-13-14-11(2,3)12(4,5)15-13/h6-8H2,1-5H3. The Morgan fingerprint density at radius 1 is 1.07 bits per heavy atom. The molecule has 1 fully saturated rings. The van der Waals surface area contributed by atoms with Crippen molar-refractivity contribution in [3.8, 4) is 11.7 Å². The Morgan fingerprint density at radius 3 is 2.07 bits per heavy atom. The lowest BCUT2D eigenvalue weighted by Crippen LogP contribution is -2.41. The summed E-state index contributed by atoms with van der Waals surface area (Å²) in [6, 6.07) is 0. The molecule has 15 heavy (non-hydrogen) atoms. The molecular weight excluding hydrogens is 187 g/mol. The third kappa shape index (κ3) is 3.00. The van der Waals surface area contributed by atoms with Crippen molar-refractivity contribution in [1.82, 2.24) is 0 Å². The van der Waals surface area contributed by atoms with Gasteiger partial charge in [-0.05, 0) is 34.1 Å². The van der Waals surface area contributed by atoms with Gasteiger partial charge in [-0.2, -0.15) is 0 Å². The molecule has 1 rings (SSSR count). The minimum Gasteiger partial charge on any atom is -0.392 e. The fourth-order valence-electron chi connectivity index (χ4n) is 1.32. The van der Waals surface area contributed by atoms with Crippen molar-refractivity contribution in [2.45, 2.75) is 65.1 Å². The molecule has 0 saturated carbocycles. The maximum Gasteiger partial charge on any atom is 0.551 e. The summed E-state index contributed by atoms with van der Waals surface area (Å²) in [6.07, 6.45) is 3.26. The van der Waals surface area contributed by atoms with E-state index in [0.717, 1.165) is 12.8 Å². The molecule has 2 nitrogen and oxygen atoms in total. The SMILES string of the molecule is CCCCC#CB1OC(C)(C)C(C)(C)O1. The van der Waals surface area contributed by atoms with Gasteiger partial charge >= 0.3 is 7.12 Å². The van der Waals surface area contributed by atoms with E-state index >= 15 is 0 Å². The third-order valence-electron chi connectivity index (χ3n) is 3.13. The topological polar surface area (TPSA) is 18.5 Å². The van der Waals surface area contributed by atoms with Crippen LogP contribution in [0.5, 0.6) is 0 Å². The molecule has 0 atom stereocenters. The number of unbranched alkanes of at least 4 members (excludes halogenated alkanes) is 2. The molecule has 0 amide bonds. The van der Waals surface area contributed by atoms with Gasteiger partial charge in [0, 0.05) is 6.42 Å². The largest absolute Gasteiger partial charge is 0.551 e. The van der Waals surface area contributed by atoms with Gasteiger partial charge in [0.25, 0.3) is 0 Å². The third-order valence-corrected chi connectivity index (χ3v) is 3.13. The normalized spacial score (nSPS) is 22.3. The van der Waals surface area contributed by atoms with Crippen molar-refractivity contribution in [3.05, 3.63) is 0 Å². The molecular formula is C12H21BO2. The molecule has 0 N–H and O–H groups in total. The van der Waals surface area contributed by atoms with Crippen LogP contribution < -0.4 is 0 Å². The molecule has 0 radical (unpaired) electrons. The van der Waals surface area contributed by atoms with Crippen molar-refractivity contribution in [2.24, 2.45) is 0 Å². The van der Waals surface area contributed by atoms with Gasteiger partial charge in [-0.25, -0.2) is 0 Å². The van der Waals surface area contributed by atoms with E-state index in [4.69, 9.17) is 9.31 Å². The number of rotatable bonds is 2. The van der Waals surface area contributed by atoms with E-state index in [9.17, 15) is 0 Å². The molecule has 0 aromatic carbocycles. The molecule has 0 unspecified atom stereocenters. The van der Waals surface area contributed by atoms with Gasteiger partial charge < -0.3 is 9.31 Å². The van der Waals surface area contributed by atoms with Crippen LogP contribution in [0.1, 0.15) is 53.9 Å². The van der Waals surface area contributed by atoms with Crippen molar-refractivity contribution in [1.29, 1.82) is 0 Å². The highest BCUT2D eigenvalue weighted by atomic mass is 16.7. The van der Waals surface area contributed by atoms with Gasteiger partial charge in [-0.3, -0.25) is 0 Å². The summed E-state index contributed by atoms with van der Waals surface area (Å²) in [5.74, 6) is 6.14. The maximum atomic E-state index is 5.75. The summed E-state index contributed by atoms with van der Waals surface area (Å²) in [6.45, 7) is 10.3. The zero-order valence-electron chi connectivity index (χ0n) is 10.5. The quantitative estimate of drug-likeness (QED) is 0.394. The minimum absolute atomic E-state index is 0.267. The highest BCUT2D eigenvalue weighted by Crippen LogP contribution is 2.36. The van der Waals surface area contributed by atoms with Crippen molar-refractivity contribution >= 4 is 7.12 Å². The van der Waals surface area contributed by atoms with E-state index in [0.29, 0.717) is 0 Å². The Morgan fingerprint density at radius 2 is 1.60 bits per heavy atom. The number of hydrogen-bond acceptors (Lipinski definition) is 2. The van der Waals surface area contributed by atoms with E-state index in [1.807, 2.05) is 27.7 Å². The van der Waals surface area contributed by atoms with E-state index in [-0.39, 0.29) is 18.3 Å². The molecule has 0 aromatic heterocycles. The fraction of sp³-hybridized carbons (Fsp3) is 0.833. The Balaban J connectivity index is 2.51. The predicted molar refractivity (Wildman–Crippen MR) is 63.4 cm³/mol. The molecule has 0 aromatic rings. The summed E-state index contributed by atoms with van der Waals surface area (Å²) in [5.41, 5.74) is -0.534. The monoisotopic (exact) mass is 208 g/mol. The highest BCUT2D eigenvalue weighted by Gasteiger charge is 2.50. The van der Waals surface area contributed by atoms with Crippen LogP contribution in [0.4, 0.5) is 0 Å². The lowest BCUT2D eigenvalue weighted by atomic mass is 9.90. The van der Waals surface area contributed by atoms with Gasteiger partial charge in [0.05, 0.1) is 11.2 Å². The molecule has 0 bridgehead atoms. The summed E-state index contributed by atoms with van der Waals surface area (Å²) in [5, 5.41) is 0. The van der Waals surface area contributed by atoms with E-state index in [1.54, 1.807) is 0 Å². The first kappa shape index (κ1) is 12.6. The second-order valence-corrected chi connectivity index (χ2v) is 5.01. The molecule has 84 valence electrons. The number of hydrogen-bond donors (Lipinski definition) is 0. The predicted octanol–water partition coefficient (Wildman–Crippen LogP) is 2.81. The Labute approximate surface area is 93.9 Å². The molecule has 1 heterocycles. The molecule has 1 aliphatic rings. The average molecular weight is 208 g/mol. The van der Waals surface area contributed by atoms with Crippen LogP contribution in [-0.4, -0.2) is 18.3 Å². The molecule has 3 heteroatoms. The van der Waals surface area contributed by atoms with Gasteiger partial charge in [-0.1, -0.05) is 19.2 Å². The summed E-state index contributed by atoms with van der Waals surface area (Å²) >= 11 is 0. The molecule has 1 aliphatic heterocycles. The van der Waals surface area contributed by atoms with Crippen LogP contribution in [0.3, 0.4) is 0 Å². The average Bonchev–Trinajstić information content (AvgIpc) is 2.30. The van der Waals surface area contributed by atoms with Crippen LogP contribution in [0.15, 0.2) is 0 Å². The van der Waals surface area contributed by atoms with Crippen LogP contribution in [0, 0.1) is 11.7 Å². The van der Waals surface area contributed by atoms with Gasteiger partial charge in [0.2, 0.25) is 0 Å².